The number of aromatic nitrogens is 2. The van der Waals surface area contributed by atoms with E-state index in [0.717, 1.165) is 5.56 Å². The molecular weight excluding hydrogens is 238 g/mol. The summed E-state index contributed by atoms with van der Waals surface area (Å²) in [6, 6.07) is 11.8. The molecule has 0 atom stereocenters. The fraction of sp³-hybridized carbons (Fsp3) is 0.333. The smallest absolute Gasteiger partial charge is 0.272 e. The van der Waals surface area contributed by atoms with E-state index in [2.05, 4.69) is 10.4 Å². The quantitative estimate of drug-likeness (QED) is 0.918. The Morgan fingerprint density at radius 2 is 1.89 bits per heavy atom. The van der Waals surface area contributed by atoms with Gasteiger partial charge in [-0.3, -0.25) is 9.48 Å². The van der Waals surface area contributed by atoms with Gasteiger partial charge in [-0.15, -0.1) is 0 Å². The predicted octanol–water partition coefficient (Wildman–Crippen LogP) is 2.46. The predicted molar refractivity (Wildman–Crippen MR) is 75.0 cm³/mol. The average Bonchev–Trinajstić information content (AvgIpc) is 2.77. The first-order chi connectivity index (χ1) is 8.94. The van der Waals surface area contributed by atoms with E-state index >= 15 is 0 Å². The van der Waals surface area contributed by atoms with Crippen LogP contribution in [0.5, 0.6) is 0 Å². The molecular formula is C15H19N3O. The molecule has 1 aromatic carbocycles. The first kappa shape index (κ1) is 13.3. The number of carbonyl (C=O) groups excluding carboxylic acids is 1. The van der Waals surface area contributed by atoms with Crippen molar-refractivity contribution >= 4 is 5.91 Å². The molecule has 4 heteroatoms. The van der Waals surface area contributed by atoms with Crippen LogP contribution in [0.25, 0.3) is 0 Å². The van der Waals surface area contributed by atoms with Crippen LogP contribution >= 0.6 is 0 Å². The maximum absolute atomic E-state index is 11.9. The van der Waals surface area contributed by atoms with Gasteiger partial charge >= 0.3 is 0 Å². The Hall–Kier alpha value is -2.10. The average molecular weight is 257 g/mol. The number of carbonyl (C=O) groups is 1. The van der Waals surface area contributed by atoms with Crippen LogP contribution in [0.15, 0.2) is 42.6 Å². The number of nitrogens with one attached hydrogen (secondary N) is 1. The minimum atomic E-state index is -0.250. The third kappa shape index (κ3) is 3.95. The van der Waals surface area contributed by atoms with E-state index in [1.54, 1.807) is 10.7 Å². The van der Waals surface area contributed by atoms with E-state index < -0.39 is 0 Å². The van der Waals surface area contributed by atoms with Gasteiger partial charge in [0.15, 0.2) is 0 Å². The van der Waals surface area contributed by atoms with E-state index in [9.17, 15) is 4.79 Å². The summed E-state index contributed by atoms with van der Waals surface area (Å²) in [4.78, 5) is 11.9. The van der Waals surface area contributed by atoms with Crippen molar-refractivity contribution in [2.45, 2.75) is 32.9 Å². The molecule has 1 amide bonds. The number of hydrogen-bond donors (Lipinski definition) is 1. The molecule has 0 unspecified atom stereocenters. The van der Waals surface area contributed by atoms with Gasteiger partial charge in [-0.25, -0.2) is 0 Å². The molecule has 0 aliphatic rings. The van der Waals surface area contributed by atoms with Gasteiger partial charge in [0.2, 0.25) is 0 Å². The van der Waals surface area contributed by atoms with Crippen molar-refractivity contribution in [1.29, 1.82) is 0 Å². The minimum absolute atomic E-state index is 0.140. The Balaban J connectivity index is 2.05. The fourth-order valence-electron chi connectivity index (χ4n) is 1.75. The van der Waals surface area contributed by atoms with Crippen molar-refractivity contribution < 1.29 is 4.79 Å². The molecule has 2 rings (SSSR count). The Morgan fingerprint density at radius 1 is 1.21 bits per heavy atom. The lowest BCUT2D eigenvalue weighted by Crippen LogP contribution is -2.40. The molecule has 0 aliphatic carbocycles. The van der Waals surface area contributed by atoms with Crippen LogP contribution in [0.4, 0.5) is 0 Å². The molecule has 0 radical (unpaired) electrons. The number of rotatable bonds is 3. The van der Waals surface area contributed by atoms with Gasteiger partial charge in [0.05, 0.1) is 6.54 Å². The van der Waals surface area contributed by atoms with Gasteiger partial charge < -0.3 is 5.32 Å². The molecule has 2 aromatic rings. The van der Waals surface area contributed by atoms with E-state index in [-0.39, 0.29) is 11.4 Å². The summed E-state index contributed by atoms with van der Waals surface area (Å²) >= 11 is 0. The summed E-state index contributed by atoms with van der Waals surface area (Å²) in [5, 5.41) is 7.19. The molecule has 1 aromatic heterocycles. The summed E-state index contributed by atoms with van der Waals surface area (Å²) in [7, 11) is 0. The Morgan fingerprint density at radius 3 is 2.53 bits per heavy atom. The molecule has 1 N–H and O–H groups in total. The van der Waals surface area contributed by atoms with Crippen LogP contribution in [-0.4, -0.2) is 21.2 Å². The summed E-state index contributed by atoms with van der Waals surface area (Å²) in [6.07, 6.45) is 1.82. The minimum Gasteiger partial charge on any atom is -0.346 e. The number of nitrogens with zero attached hydrogens (tertiary/aromatic N) is 2. The van der Waals surface area contributed by atoms with Crippen molar-refractivity contribution in [2.75, 3.05) is 0 Å². The maximum atomic E-state index is 11.9. The van der Waals surface area contributed by atoms with Crippen LogP contribution in [0.3, 0.4) is 0 Å². The summed E-state index contributed by atoms with van der Waals surface area (Å²) in [5.41, 5.74) is 1.36. The molecule has 1 heterocycles. The third-order valence-corrected chi connectivity index (χ3v) is 2.55. The molecule has 4 nitrogen and oxygen atoms in total. The van der Waals surface area contributed by atoms with Gasteiger partial charge in [-0.05, 0) is 32.4 Å². The maximum Gasteiger partial charge on any atom is 0.272 e. The lowest BCUT2D eigenvalue weighted by Gasteiger charge is -2.19. The van der Waals surface area contributed by atoms with Gasteiger partial charge in [-0.1, -0.05) is 30.3 Å². The molecule has 0 saturated heterocycles. The first-order valence-corrected chi connectivity index (χ1v) is 6.34. The van der Waals surface area contributed by atoms with Gasteiger partial charge in [-0.2, -0.15) is 5.10 Å². The van der Waals surface area contributed by atoms with Gasteiger partial charge in [0, 0.05) is 11.7 Å². The normalized spacial score (nSPS) is 11.3. The molecule has 0 aliphatic heterocycles. The number of benzene rings is 1. The van der Waals surface area contributed by atoms with Crippen LogP contribution in [0, 0.1) is 0 Å². The van der Waals surface area contributed by atoms with Crippen LogP contribution in [-0.2, 0) is 6.54 Å². The van der Waals surface area contributed by atoms with Gasteiger partial charge in [0.25, 0.3) is 5.91 Å². The lowest BCUT2D eigenvalue weighted by molar-refractivity contribution is 0.0913. The molecule has 100 valence electrons. The highest BCUT2D eigenvalue weighted by atomic mass is 16.2. The van der Waals surface area contributed by atoms with Crippen molar-refractivity contribution in [3.05, 3.63) is 53.9 Å². The van der Waals surface area contributed by atoms with Crippen molar-refractivity contribution in [1.82, 2.24) is 15.1 Å². The van der Waals surface area contributed by atoms with E-state index in [1.165, 1.54) is 0 Å². The highest BCUT2D eigenvalue weighted by Crippen LogP contribution is 2.05. The lowest BCUT2D eigenvalue weighted by atomic mass is 10.1. The molecule has 0 fully saturated rings. The first-order valence-electron chi connectivity index (χ1n) is 6.34. The second-order valence-corrected chi connectivity index (χ2v) is 5.59. The third-order valence-electron chi connectivity index (χ3n) is 2.55. The Labute approximate surface area is 113 Å². The number of hydrogen-bond acceptors (Lipinski definition) is 2. The summed E-state index contributed by atoms with van der Waals surface area (Å²) in [5.74, 6) is -0.140. The number of amides is 1. The van der Waals surface area contributed by atoms with E-state index in [1.807, 2.05) is 57.3 Å². The molecule has 19 heavy (non-hydrogen) atoms. The zero-order chi connectivity index (χ0) is 13.9. The van der Waals surface area contributed by atoms with E-state index in [0.29, 0.717) is 12.2 Å². The van der Waals surface area contributed by atoms with E-state index in [4.69, 9.17) is 0 Å². The standard InChI is InChI=1S/C15H19N3O/c1-15(2,3)16-14(19)13-9-10-18(17-13)11-12-7-5-4-6-8-12/h4-10H,11H2,1-3H3,(H,16,19). The molecule has 0 bridgehead atoms. The highest BCUT2D eigenvalue weighted by molar-refractivity contribution is 5.92. The SMILES string of the molecule is CC(C)(C)NC(=O)c1ccn(Cc2ccccc2)n1. The monoisotopic (exact) mass is 257 g/mol. The van der Waals surface area contributed by atoms with Crippen molar-refractivity contribution in [3.63, 3.8) is 0 Å². The van der Waals surface area contributed by atoms with Crippen molar-refractivity contribution in [3.8, 4) is 0 Å². The summed E-state index contributed by atoms with van der Waals surface area (Å²) in [6.45, 7) is 6.52. The zero-order valence-electron chi connectivity index (χ0n) is 11.6. The van der Waals surface area contributed by atoms with Gasteiger partial charge in [0.1, 0.15) is 5.69 Å². The molecule has 0 spiro atoms. The topological polar surface area (TPSA) is 46.9 Å². The second-order valence-electron chi connectivity index (χ2n) is 5.59. The Kier molecular flexibility index (Phi) is 3.69. The fourth-order valence-corrected chi connectivity index (χ4v) is 1.75. The van der Waals surface area contributed by atoms with Crippen LogP contribution in [0.2, 0.25) is 0 Å². The summed E-state index contributed by atoms with van der Waals surface area (Å²) < 4.78 is 1.77. The second kappa shape index (κ2) is 5.26. The van der Waals surface area contributed by atoms with Crippen LogP contribution in [0.1, 0.15) is 36.8 Å². The Bertz CT molecular complexity index is 552. The zero-order valence-corrected chi connectivity index (χ0v) is 11.6. The largest absolute Gasteiger partial charge is 0.346 e. The van der Waals surface area contributed by atoms with Crippen LogP contribution < -0.4 is 5.32 Å². The highest BCUT2D eigenvalue weighted by Gasteiger charge is 2.17. The van der Waals surface area contributed by atoms with Crippen molar-refractivity contribution in [2.24, 2.45) is 0 Å². The molecule has 0 saturated carbocycles.